The molecule has 0 heterocycles. The van der Waals surface area contributed by atoms with Crippen molar-refractivity contribution in [2.45, 2.75) is 24.8 Å². The zero-order valence-electron chi connectivity index (χ0n) is 11.6. The number of carbonyl (C=O) groups is 2. The lowest BCUT2D eigenvalue weighted by atomic mass is 10.2. The maximum atomic E-state index is 12.1. The highest BCUT2D eigenvalue weighted by molar-refractivity contribution is 7.89. The molecule has 0 unspecified atom stereocenters. The molecule has 21 heavy (non-hydrogen) atoms. The summed E-state index contributed by atoms with van der Waals surface area (Å²) in [6.07, 6.45) is 0. The number of nitrogens with two attached hydrogens (primary N) is 1. The van der Waals surface area contributed by atoms with Crippen LogP contribution in [0, 0.1) is 0 Å². The minimum atomic E-state index is -4.16. The summed E-state index contributed by atoms with van der Waals surface area (Å²) >= 11 is 0. The quantitative estimate of drug-likeness (QED) is 0.535. The number of sulfonamides is 1. The molecular formula is C12H17N3O5S. The Hall–Kier alpha value is -2.13. The Morgan fingerprint density at radius 3 is 2.48 bits per heavy atom. The van der Waals surface area contributed by atoms with Gasteiger partial charge < -0.3 is 16.2 Å². The van der Waals surface area contributed by atoms with Crippen LogP contribution < -0.4 is 15.8 Å². The van der Waals surface area contributed by atoms with Crippen LogP contribution >= 0.6 is 0 Å². The number of aromatic carboxylic acids is 1. The zero-order valence-corrected chi connectivity index (χ0v) is 12.4. The molecule has 116 valence electrons. The van der Waals surface area contributed by atoms with E-state index in [1.54, 1.807) is 13.8 Å². The van der Waals surface area contributed by atoms with Crippen LogP contribution in [0.2, 0.25) is 0 Å². The summed E-state index contributed by atoms with van der Waals surface area (Å²) in [5, 5.41) is 11.5. The second-order valence-electron chi connectivity index (χ2n) is 4.61. The first-order chi connectivity index (χ1) is 9.63. The molecule has 0 saturated heterocycles. The van der Waals surface area contributed by atoms with Gasteiger partial charge in [0.05, 0.1) is 17.0 Å². The first-order valence-corrected chi connectivity index (χ1v) is 7.53. The molecule has 0 radical (unpaired) electrons. The van der Waals surface area contributed by atoms with Crippen LogP contribution in [0.1, 0.15) is 24.2 Å². The van der Waals surface area contributed by atoms with Gasteiger partial charge in [0.15, 0.2) is 0 Å². The van der Waals surface area contributed by atoms with Crippen molar-refractivity contribution in [1.29, 1.82) is 0 Å². The smallest absolute Gasteiger partial charge is 0.337 e. The number of benzene rings is 1. The number of hydrogen-bond donors (Lipinski definition) is 4. The SMILES string of the molecule is CC(C)NC(=O)CNS(=O)(=O)c1cc(N)ccc1C(=O)O. The molecule has 0 aromatic heterocycles. The third kappa shape index (κ3) is 4.72. The first kappa shape index (κ1) is 16.9. The molecule has 5 N–H and O–H groups in total. The molecule has 8 nitrogen and oxygen atoms in total. The second-order valence-corrected chi connectivity index (χ2v) is 6.34. The van der Waals surface area contributed by atoms with Gasteiger partial charge in [-0.05, 0) is 32.0 Å². The van der Waals surface area contributed by atoms with Crippen molar-refractivity contribution >= 4 is 27.6 Å². The standard InChI is InChI=1S/C12H17N3O5S/c1-7(2)15-11(16)6-14-21(19,20)10-5-8(13)3-4-9(10)12(17)18/h3-5,7,14H,6,13H2,1-2H3,(H,15,16)(H,17,18). The topological polar surface area (TPSA) is 139 Å². The summed E-state index contributed by atoms with van der Waals surface area (Å²) < 4.78 is 26.2. The van der Waals surface area contributed by atoms with E-state index in [4.69, 9.17) is 10.8 Å². The third-order valence-electron chi connectivity index (χ3n) is 2.40. The Morgan fingerprint density at radius 2 is 1.95 bits per heavy atom. The molecule has 0 bridgehead atoms. The highest BCUT2D eigenvalue weighted by atomic mass is 32.2. The molecule has 1 aromatic rings. The number of rotatable bonds is 6. The minimum Gasteiger partial charge on any atom is -0.478 e. The number of nitrogens with one attached hydrogen (secondary N) is 2. The number of carboxylic acid groups (broad SMARTS) is 1. The van der Waals surface area contributed by atoms with Crippen LogP contribution in [0.4, 0.5) is 5.69 Å². The average molecular weight is 315 g/mol. The van der Waals surface area contributed by atoms with Gasteiger partial charge in [0.1, 0.15) is 0 Å². The molecule has 9 heteroatoms. The van der Waals surface area contributed by atoms with Gasteiger partial charge in [0.2, 0.25) is 15.9 Å². The second kappa shape index (κ2) is 6.55. The van der Waals surface area contributed by atoms with Crippen LogP contribution in [0.5, 0.6) is 0 Å². The summed E-state index contributed by atoms with van der Waals surface area (Å²) in [5.74, 6) is -1.92. The van der Waals surface area contributed by atoms with Gasteiger partial charge in [0.25, 0.3) is 0 Å². The highest BCUT2D eigenvalue weighted by Crippen LogP contribution is 2.19. The van der Waals surface area contributed by atoms with Gasteiger partial charge in [-0.1, -0.05) is 0 Å². The number of anilines is 1. The number of carbonyl (C=O) groups excluding carboxylic acids is 1. The molecule has 1 amide bonds. The van der Waals surface area contributed by atoms with Gasteiger partial charge in [-0.15, -0.1) is 0 Å². The fourth-order valence-corrected chi connectivity index (χ4v) is 2.76. The number of nitrogen functional groups attached to an aromatic ring is 1. The lowest BCUT2D eigenvalue weighted by Crippen LogP contribution is -2.40. The van der Waals surface area contributed by atoms with Crippen LogP contribution in [0.25, 0.3) is 0 Å². The largest absolute Gasteiger partial charge is 0.478 e. The fourth-order valence-electron chi connectivity index (χ4n) is 1.55. The van der Waals surface area contributed by atoms with Crippen molar-refractivity contribution in [2.75, 3.05) is 12.3 Å². The Morgan fingerprint density at radius 1 is 1.33 bits per heavy atom. The first-order valence-electron chi connectivity index (χ1n) is 6.05. The van der Waals surface area contributed by atoms with Crippen LogP contribution in [0.15, 0.2) is 23.1 Å². The van der Waals surface area contributed by atoms with E-state index in [0.29, 0.717) is 0 Å². The van der Waals surface area contributed by atoms with Crippen molar-refractivity contribution in [3.8, 4) is 0 Å². The van der Waals surface area contributed by atoms with Crippen LogP contribution in [-0.2, 0) is 14.8 Å². The average Bonchev–Trinajstić information content (AvgIpc) is 2.35. The van der Waals surface area contributed by atoms with E-state index in [1.807, 2.05) is 4.72 Å². The van der Waals surface area contributed by atoms with Crippen molar-refractivity contribution in [1.82, 2.24) is 10.0 Å². The summed E-state index contributed by atoms with van der Waals surface area (Å²) in [7, 11) is -4.16. The summed E-state index contributed by atoms with van der Waals surface area (Å²) in [6.45, 7) is 2.97. The molecule has 1 rings (SSSR count). The Kier molecular flexibility index (Phi) is 5.28. The fraction of sp³-hybridized carbons (Fsp3) is 0.333. The van der Waals surface area contributed by atoms with Crippen molar-refractivity contribution < 1.29 is 23.1 Å². The van der Waals surface area contributed by atoms with Crippen molar-refractivity contribution in [3.63, 3.8) is 0 Å². The molecule has 0 atom stereocenters. The number of amides is 1. The van der Waals surface area contributed by atoms with E-state index in [2.05, 4.69) is 5.32 Å². The Balaban J connectivity index is 3.00. The predicted molar refractivity (Wildman–Crippen MR) is 76.3 cm³/mol. The van der Waals surface area contributed by atoms with Crippen LogP contribution in [-0.4, -0.2) is 38.0 Å². The molecule has 0 saturated carbocycles. The van der Waals surface area contributed by atoms with Gasteiger partial charge in [-0.2, -0.15) is 0 Å². The van der Waals surface area contributed by atoms with E-state index < -0.39 is 38.9 Å². The highest BCUT2D eigenvalue weighted by Gasteiger charge is 2.23. The predicted octanol–water partition coefficient (Wildman–Crippen LogP) is -0.230. The van der Waals surface area contributed by atoms with E-state index in [9.17, 15) is 18.0 Å². The lowest BCUT2D eigenvalue weighted by molar-refractivity contribution is -0.120. The molecule has 1 aromatic carbocycles. The molecule has 0 aliphatic heterocycles. The normalized spacial score (nSPS) is 11.4. The molecule has 0 spiro atoms. The van der Waals surface area contributed by atoms with Crippen molar-refractivity contribution in [3.05, 3.63) is 23.8 Å². The van der Waals surface area contributed by atoms with E-state index >= 15 is 0 Å². The number of hydrogen-bond acceptors (Lipinski definition) is 5. The molecule has 0 aliphatic carbocycles. The maximum Gasteiger partial charge on any atom is 0.337 e. The van der Waals surface area contributed by atoms with E-state index in [-0.39, 0.29) is 11.7 Å². The summed E-state index contributed by atoms with van der Waals surface area (Å²) in [4.78, 5) is 22.0. The van der Waals surface area contributed by atoms with Gasteiger partial charge in [0, 0.05) is 11.7 Å². The molecule has 0 fully saturated rings. The van der Waals surface area contributed by atoms with Gasteiger partial charge in [-0.3, -0.25) is 4.79 Å². The van der Waals surface area contributed by atoms with Gasteiger partial charge in [-0.25, -0.2) is 17.9 Å². The van der Waals surface area contributed by atoms with Gasteiger partial charge >= 0.3 is 5.97 Å². The van der Waals surface area contributed by atoms with Crippen LogP contribution in [0.3, 0.4) is 0 Å². The van der Waals surface area contributed by atoms with E-state index in [0.717, 1.165) is 12.1 Å². The van der Waals surface area contributed by atoms with E-state index in [1.165, 1.54) is 6.07 Å². The lowest BCUT2D eigenvalue weighted by Gasteiger charge is -2.11. The zero-order chi connectivity index (χ0) is 16.2. The molecule has 0 aliphatic rings. The third-order valence-corrected chi connectivity index (χ3v) is 3.84. The number of carboxylic acids is 1. The monoisotopic (exact) mass is 315 g/mol. The molecular weight excluding hydrogens is 298 g/mol. The Labute approximate surface area is 122 Å². The maximum absolute atomic E-state index is 12.1. The summed E-state index contributed by atoms with van der Waals surface area (Å²) in [6, 6.07) is 3.28. The summed E-state index contributed by atoms with van der Waals surface area (Å²) in [5.41, 5.74) is 5.17. The minimum absolute atomic E-state index is 0.104. The Bertz CT molecular complexity index is 655. The van der Waals surface area contributed by atoms with Crippen molar-refractivity contribution in [2.24, 2.45) is 0 Å².